The highest BCUT2D eigenvalue weighted by Gasteiger charge is 2.17. The number of hydrogen-bond donors (Lipinski definition) is 3. The summed E-state index contributed by atoms with van der Waals surface area (Å²) in [4.78, 5) is 25.9. The van der Waals surface area contributed by atoms with Crippen molar-refractivity contribution < 1.29 is 4.79 Å². The van der Waals surface area contributed by atoms with Crippen LogP contribution in [0.15, 0.2) is 23.3 Å². The summed E-state index contributed by atoms with van der Waals surface area (Å²) in [6.45, 7) is 1.77. The smallest absolute Gasteiger partial charge is 0.257 e. The van der Waals surface area contributed by atoms with E-state index in [0.717, 1.165) is 25.9 Å². The molecular weight excluding hydrogens is 206 g/mol. The SMILES string of the molecule is O=C(N[C@H]1CCCNC1)c1c[nH]ccc1=O. The number of piperidine rings is 1. The molecule has 1 saturated heterocycles. The van der Waals surface area contributed by atoms with Gasteiger partial charge in [0.25, 0.3) is 5.91 Å². The van der Waals surface area contributed by atoms with Gasteiger partial charge < -0.3 is 15.6 Å². The molecule has 0 saturated carbocycles. The molecule has 16 heavy (non-hydrogen) atoms. The van der Waals surface area contributed by atoms with Crippen molar-refractivity contribution in [2.24, 2.45) is 0 Å². The molecule has 1 aromatic rings. The average molecular weight is 221 g/mol. The normalized spacial score (nSPS) is 20.4. The molecule has 0 aliphatic carbocycles. The summed E-state index contributed by atoms with van der Waals surface area (Å²) in [5.74, 6) is -0.296. The maximum Gasteiger partial charge on any atom is 0.257 e. The fourth-order valence-electron chi connectivity index (χ4n) is 1.83. The molecule has 5 nitrogen and oxygen atoms in total. The van der Waals surface area contributed by atoms with Gasteiger partial charge >= 0.3 is 0 Å². The molecule has 0 radical (unpaired) electrons. The minimum absolute atomic E-state index is 0.126. The van der Waals surface area contributed by atoms with Gasteiger partial charge in [-0.3, -0.25) is 9.59 Å². The zero-order valence-corrected chi connectivity index (χ0v) is 8.95. The van der Waals surface area contributed by atoms with Crippen LogP contribution in [-0.4, -0.2) is 30.0 Å². The number of carbonyl (C=O) groups is 1. The molecule has 1 amide bonds. The third kappa shape index (κ3) is 2.49. The third-order valence-corrected chi connectivity index (χ3v) is 2.70. The number of amides is 1. The first kappa shape index (κ1) is 10.9. The van der Waals surface area contributed by atoms with Crippen LogP contribution in [0.5, 0.6) is 0 Å². The number of H-pyrrole nitrogens is 1. The Kier molecular flexibility index (Phi) is 3.36. The first-order valence-corrected chi connectivity index (χ1v) is 5.46. The van der Waals surface area contributed by atoms with Crippen molar-refractivity contribution >= 4 is 5.91 Å². The lowest BCUT2D eigenvalue weighted by Gasteiger charge is -2.23. The fourth-order valence-corrected chi connectivity index (χ4v) is 1.83. The maximum absolute atomic E-state index is 11.8. The molecule has 1 fully saturated rings. The Bertz CT molecular complexity index is 421. The minimum Gasteiger partial charge on any atom is -0.367 e. The van der Waals surface area contributed by atoms with Crippen molar-refractivity contribution in [3.63, 3.8) is 0 Å². The zero-order valence-electron chi connectivity index (χ0n) is 8.95. The Morgan fingerprint density at radius 2 is 2.38 bits per heavy atom. The highest BCUT2D eigenvalue weighted by Crippen LogP contribution is 2.02. The lowest BCUT2D eigenvalue weighted by atomic mass is 10.1. The first-order valence-electron chi connectivity index (χ1n) is 5.46. The summed E-state index contributed by atoms with van der Waals surface area (Å²) < 4.78 is 0. The number of carbonyl (C=O) groups excluding carboxylic acids is 1. The number of pyridine rings is 1. The zero-order chi connectivity index (χ0) is 11.4. The second-order valence-electron chi connectivity index (χ2n) is 3.94. The summed E-state index contributed by atoms with van der Waals surface area (Å²) in [5, 5.41) is 6.06. The van der Waals surface area contributed by atoms with E-state index in [1.165, 1.54) is 18.5 Å². The topological polar surface area (TPSA) is 74.0 Å². The fraction of sp³-hybridized carbons (Fsp3) is 0.455. The van der Waals surface area contributed by atoms with E-state index in [0.29, 0.717) is 0 Å². The molecular formula is C11H15N3O2. The number of aromatic amines is 1. The van der Waals surface area contributed by atoms with Crippen molar-refractivity contribution in [1.82, 2.24) is 15.6 Å². The Hall–Kier alpha value is -1.62. The van der Waals surface area contributed by atoms with Gasteiger partial charge in [-0.05, 0) is 19.4 Å². The molecule has 2 heterocycles. The molecule has 1 aromatic heterocycles. The largest absolute Gasteiger partial charge is 0.367 e. The van der Waals surface area contributed by atoms with Crippen LogP contribution in [0.4, 0.5) is 0 Å². The van der Waals surface area contributed by atoms with E-state index in [1.54, 1.807) is 0 Å². The van der Waals surface area contributed by atoms with Crippen LogP contribution in [0.3, 0.4) is 0 Å². The predicted octanol–water partition coefficient (Wildman–Crippen LogP) is -0.143. The highest BCUT2D eigenvalue weighted by molar-refractivity contribution is 5.93. The minimum atomic E-state index is -0.296. The van der Waals surface area contributed by atoms with Crippen LogP contribution >= 0.6 is 0 Å². The molecule has 0 spiro atoms. The van der Waals surface area contributed by atoms with Crippen LogP contribution in [0, 0.1) is 0 Å². The molecule has 1 aliphatic rings. The van der Waals surface area contributed by atoms with Gasteiger partial charge in [0.15, 0.2) is 5.43 Å². The van der Waals surface area contributed by atoms with Gasteiger partial charge in [0.05, 0.1) is 0 Å². The third-order valence-electron chi connectivity index (χ3n) is 2.70. The molecule has 2 rings (SSSR count). The Balaban J connectivity index is 2.02. The van der Waals surface area contributed by atoms with Crippen molar-refractivity contribution in [2.75, 3.05) is 13.1 Å². The van der Waals surface area contributed by atoms with E-state index in [4.69, 9.17) is 0 Å². The Morgan fingerprint density at radius 1 is 1.50 bits per heavy atom. The summed E-state index contributed by atoms with van der Waals surface area (Å²) in [6.07, 6.45) is 4.97. The molecule has 0 aromatic carbocycles. The van der Waals surface area contributed by atoms with E-state index < -0.39 is 0 Å². The summed E-state index contributed by atoms with van der Waals surface area (Å²) in [7, 11) is 0. The molecule has 1 aliphatic heterocycles. The van der Waals surface area contributed by atoms with Crippen molar-refractivity contribution in [3.05, 3.63) is 34.2 Å². The van der Waals surface area contributed by atoms with E-state index in [9.17, 15) is 9.59 Å². The van der Waals surface area contributed by atoms with Gasteiger partial charge in [-0.15, -0.1) is 0 Å². The Morgan fingerprint density at radius 3 is 3.06 bits per heavy atom. The van der Waals surface area contributed by atoms with Gasteiger partial charge in [-0.1, -0.05) is 0 Å². The number of hydrogen-bond acceptors (Lipinski definition) is 3. The van der Waals surface area contributed by atoms with Crippen LogP contribution < -0.4 is 16.1 Å². The number of aromatic nitrogens is 1. The summed E-state index contributed by atoms with van der Waals surface area (Å²) >= 11 is 0. The van der Waals surface area contributed by atoms with Crippen molar-refractivity contribution in [2.45, 2.75) is 18.9 Å². The second kappa shape index (κ2) is 4.94. The van der Waals surface area contributed by atoms with Crippen molar-refractivity contribution in [3.8, 4) is 0 Å². The standard InChI is InChI=1S/C11H15N3O2/c15-10-3-5-13-7-9(10)11(16)14-8-2-1-4-12-6-8/h3,5,7-8,12H,1-2,4,6H2,(H,13,15)(H,14,16)/t8-/m0/s1. The predicted molar refractivity (Wildman–Crippen MR) is 60.4 cm³/mol. The average Bonchev–Trinajstić information content (AvgIpc) is 2.31. The highest BCUT2D eigenvalue weighted by atomic mass is 16.2. The molecule has 0 bridgehead atoms. The molecule has 1 atom stereocenters. The quantitative estimate of drug-likeness (QED) is 0.650. The lowest BCUT2D eigenvalue weighted by molar-refractivity contribution is 0.0929. The molecule has 0 unspecified atom stereocenters. The summed E-state index contributed by atoms with van der Waals surface area (Å²) in [5.41, 5.74) is -0.0758. The van der Waals surface area contributed by atoms with E-state index >= 15 is 0 Å². The van der Waals surface area contributed by atoms with Gasteiger partial charge in [0.1, 0.15) is 5.56 Å². The lowest BCUT2D eigenvalue weighted by Crippen LogP contribution is -2.46. The van der Waals surface area contributed by atoms with Crippen LogP contribution in [-0.2, 0) is 0 Å². The number of nitrogens with one attached hydrogen (secondary N) is 3. The van der Waals surface area contributed by atoms with Crippen LogP contribution in [0.1, 0.15) is 23.2 Å². The monoisotopic (exact) mass is 221 g/mol. The molecule has 3 N–H and O–H groups in total. The van der Waals surface area contributed by atoms with E-state index in [-0.39, 0.29) is 22.9 Å². The van der Waals surface area contributed by atoms with Gasteiger partial charge in [-0.2, -0.15) is 0 Å². The Labute approximate surface area is 93.3 Å². The van der Waals surface area contributed by atoms with Gasteiger partial charge in [0.2, 0.25) is 0 Å². The van der Waals surface area contributed by atoms with E-state index in [1.807, 2.05) is 0 Å². The summed E-state index contributed by atoms with van der Waals surface area (Å²) in [6, 6.07) is 1.48. The van der Waals surface area contributed by atoms with Crippen LogP contribution in [0.25, 0.3) is 0 Å². The van der Waals surface area contributed by atoms with Crippen molar-refractivity contribution in [1.29, 1.82) is 0 Å². The first-order chi connectivity index (χ1) is 7.77. The van der Waals surface area contributed by atoms with E-state index in [2.05, 4.69) is 15.6 Å². The molecule has 86 valence electrons. The van der Waals surface area contributed by atoms with Gasteiger partial charge in [0, 0.05) is 31.0 Å². The second-order valence-corrected chi connectivity index (χ2v) is 3.94. The van der Waals surface area contributed by atoms with Crippen LogP contribution in [0.2, 0.25) is 0 Å². The van der Waals surface area contributed by atoms with Gasteiger partial charge in [-0.25, -0.2) is 0 Å². The molecule has 5 heteroatoms. The number of rotatable bonds is 2. The maximum atomic E-state index is 11.8.